The molecule has 2 aromatic carbocycles. The van der Waals surface area contributed by atoms with Crippen LogP contribution in [0.5, 0.6) is 5.75 Å². The van der Waals surface area contributed by atoms with Gasteiger partial charge in [-0.1, -0.05) is 24.3 Å². The highest BCUT2D eigenvalue weighted by Crippen LogP contribution is 2.24. The van der Waals surface area contributed by atoms with E-state index in [4.69, 9.17) is 0 Å². The average molecular weight is 186 g/mol. The van der Waals surface area contributed by atoms with E-state index in [2.05, 4.69) is 0 Å². The van der Waals surface area contributed by atoms with Crippen LogP contribution in [0.4, 0.5) is 0 Å². The summed E-state index contributed by atoms with van der Waals surface area (Å²) in [4.78, 5) is 11.3. The van der Waals surface area contributed by atoms with Crippen molar-refractivity contribution in [1.29, 1.82) is 0 Å². The van der Waals surface area contributed by atoms with Crippen molar-refractivity contribution in [3.63, 3.8) is 0 Å². The fraction of sp³-hybridized carbons (Fsp3) is 0.0833. The summed E-state index contributed by atoms with van der Waals surface area (Å²) in [6.45, 7) is 1.73. The smallest absolute Gasteiger partial charge is 0.179 e. The molecule has 2 aromatic rings. The average Bonchev–Trinajstić information content (AvgIpc) is 2.26. The standard InChI is InChI=1S/C12H10O2/c1-8-6-10(13)7-9-4-2-3-5-11(9)12(8)14/h2-7,14H,1H3. The summed E-state index contributed by atoms with van der Waals surface area (Å²) < 4.78 is 0. The van der Waals surface area contributed by atoms with E-state index in [1.165, 1.54) is 12.1 Å². The zero-order valence-electron chi connectivity index (χ0n) is 7.82. The molecule has 2 rings (SSSR count). The van der Waals surface area contributed by atoms with E-state index >= 15 is 0 Å². The zero-order valence-corrected chi connectivity index (χ0v) is 7.82. The van der Waals surface area contributed by atoms with E-state index in [1.807, 2.05) is 18.2 Å². The van der Waals surface area contributed by atoms with Gasteiger partial charge < -0.3 is 5.11 Å². The van der Waals surface area contributed by atoms with Gasteiger partial charge in [0.2, 0.25) is 0 Å². The molecular weight excluding hydrogens is 176 g/mol. The molecule has 2 nitrogen and oxygen atoms in total. The van der Waals surface area contributed by atoms with Gasteiger partial charge in [0.1, 0.15) is 5.75 Å². The van der Waals surface area contributed by atoms with E-state index in [0.29, 0.717) is 10.9 Å². The molecule has 0 saturated carbocycles. The molecule has 14 heavy (non-hydrogen) atoms. The molecule has 0 amide bonds. The van der Waals surface area contributed by atoms with Crippen molar-refractivity contribution in [2.24, 2.45) is 0 Å². The topological polar surface area (TPSA) is 37.3 Å². The van der Waals surface area contributed by atoms with E-state index in [0.717, 1.165) is 5.39 Å². The first-order chi connectivity index (χ1) is 6.68. The monoisotopic (exact) mass is 186 g/mol. The summed E-state index contributed by atoms with van der Waals surface area (Å²) in [5.74, 6) is 0.183. The number of hydrogen-bond acceptors (Lipinski definition) is 2. The molecule has 70 valence electrons. The molecule has 0 aliphatic rings. The van der Waals surface area contributed by atoms with E-state index in [-0.39, 0.29) is 11.2 Å². The van der Waals surface area contributed by atoms with Crippen molar-refractivity contribution in [2.75, 3.05) is 0 Å². The van der Waals surface area contributed by atoms with Gasteiger partial charge in [-0.15, -0.1) is 0 Å². The minimum absolute atomic E-state index is 0.0843. The summed E-state index contributed by atoms with van der Waals surface area (Å²) in [6, 6.07) is 10.3. The molecule has 0 bridgehead atoms. The molecule has 1 N–H and O–H groups in total. The van der Waals surface area contributed by atoms with Gasteiger partial charge in [0.15, 0.2) is 5.43 Å². The first kappa shape index (κ1) is 8.75. The minimum Gasteiger partial charge on any atom is -0.507 e. The predicted octanol–water partition coefficient (Wildman–Crippen LogP) is 2.21. The summed E-state index contributed by atoms with van der Waals surface area (Å²) in [5.41, 5.74) is 0.523. The van der Waals surface area contributed by atoms with E-state index in [1.54, 1.807) is 13.0 Å². The van der Waals surface area contributed by atoms with Crippen LogP contribution in [0.3, 0.4) is 0 Å². The summed E-state index contributed by atoms with van der Waals surface area (Å²) >= 11 is 0. The Morgan fingerprint density at radius 2 is 1.86 bits per heavy atom. The van der Waals surface area contributed by atoms with Crippen LogP contribution >= 0.6 is 0 Å². The third-order valence-corrected chi connectivity index (χ3v) is 2.25. The SMILES string of the molecule is Cc1cc(=O)cc2ccccc2c1O. The van der Waals surface area contributed by atoms with Gasteiger partial charge in [-0.05, 0) is 30.0 Å². The first-order valence-corrected chi connectivity index (χ1v) is 4.41. The Morgan fingerprint density at radius 3 is 2.64 bits per heavy atom. The Bertz CT molecular complexity index is 544. The fourth-order valence-electron chi connectivity index (χ4n) is 1.53. The van der Waals surface area contributed by atoms with E-state index < -0.39 is 0 Å². The first-order valence-electron chi connectivity index (χ1n) is 4.41. The van der Waals surface area contributed by atoms with Crippen molar-refractivity contribution in [3.8, 4) is 5.75 Å². The molecule has 0 aliphatic heterocycles. The molecule has 0 radical (unpaired) electrons. The highest BCUT2D eigenvalue weighted by Gasteiger charge is 2.01. The third kappa shape index (κ3) is 1.35. The predicted molar refractivity (Wildman–Crippen MR) is 56.6 cm³/mol. The molecule has 0 spiro atoms. The summed E-state index contributed by atoms with van der Waals surface area (Å²) in [5, 5.41) is 11.3. The molecule has 0 aromatic heterocycles. The Morgan fingerprint density at radius 1 is 1.14 bits per heavy atom. The zero-order chi connectivity index (χ0) is 10.1. The van der Waals surface area contributed by atoms with Gasteiger partial charge in [0.25, 0.3) is 0 Å². The number of aromatic hydroxyl groups is 1. The number of fused-ring (bicyclic) bond motifs is 1. The molecule has 0 unspecified atom stereocenters. The maximum atomic E-state index is 11.3. The van der Waals surface area contributed by atoms with Crippen molar-refractivity contribution < 1.29 is 5.11 Å². The molecular formula is C12H10O2. The van der Waals surface area contributed by atoms with Gasteiger partial charge >= 0.3 is 0 Å². The van der Waals surface area contributed by atoms with Crippen LogP contribution in [0.1, 0.15) is 5.56 Å². The lowest BCUT2D eigenvalue weighted by Crippen LogP contribution is -1.90. The lowest BCUT2D eigenvalue weighted by Gasteiger charge is -1.96. The molecule has 2 heteroatoms. The quantitative estimate of drug-likeness (QED) is 0.684. The third-order valence-electron chi connectivity index (χ3n) is 2.25. The normalized spacial score (nSPS) is 10.4. The second kappa shape index (κ2) is 3.14. The second-order valence-electron chi connectivity index (χ2n) is 3.31. The highest BCUT2D eigenvalue weighted by atomic mass is 16.3. The van der Waals surface area contributed by atoms with Crippen LogP contribution in [0.25, 0.3) is 10.8 Å². The Balaban J connectivity index is 3.07. The number of aryl methyl sites for hydroxylation is 1. The largest absolute Gasteiger partial charge is 0.507 e. The van der Waals surface area contributed by atoms with Crippen LogP contribution in [-0.2, 0) is 0 Å². The molecule has 0 atom stereocenters. The highest BCUT2D eigenvalue weighted by molar-refractivity contribution is 5.87. The number of rotatable bonds is 0. The van der Waals surface area contributed by atoms with Crippen LogP contribution in [-0.4, -0.2) is 5.11 Å². The Labute approximate surface area is 81.4 Å². The molecule has 0 heterocycles. The van der Waals surface area contributed by atoms with Crippen molar-refractivity contribution in [3.05, 3.63) is 52.2 Å². The van der Waals surface area contributed by atoms with Crippen LogP contribution in [0.2, 0.25) is 0 Å². The Kier molecular flexibility index (Phi) is 1.97. The molecule has 0 fully saturated rings. The van der Waals surface area contributed by atoms with Gasteiger partial charge in [-0.25, -0.2) is 0 Å². The number of hydrogen-bond donors (Lipinski definition) is 1. The van der Waals surface area contributed by atoms with Crippen LogP contribution < -0.4 is 5.43 Å². The van der Waals surface area contributed by atoms with Gasteiger partial charge in [0, 0.05) is 5.39 Å². The minimum atomic E-state index is -0.0843. The lowest BCUT2D eigenvalue weighted by atomic mass is 10.1. The summed E-state index contributed by atoms with van der Waals surface area (Å²) in [6.07, 6.45) is 0. The van der Waals surface area contributed by atoms with Gasteiger partial charge in [-0.3, -0.25) is 4.79 Å². The fourth-order valence-corrected chi connectivity index (χ4v) is 1.53. The Hall–Kier alpha value is -1.83. The van der Waals surface area contributed by atoms with Gasteiger partial charge in [-0.2, -0.15) is 0 Å². The number of benzene rings is 1. The van der Waals surface area contributed by atoms with Crippen molar-refractivity contribution in [1.82, 2.24) is 0 Å². The second-order valence-corrected chi connectivity index (χ2v) is 3.31. The molecule has 0 saturated heterocycles. The molecule has 0 aliphatic carbocycles. The van der Waals surface area contributed by atoms with Crippen molar-refractivity contribution in [2.45, 2.75) is 6.92 Å². The summed E-state index contributed by atoms with van der Waals surface area (Å²) in [7, 11) is 0. The maximum Gasteiger partial charge on any atom is 0.179 e. The van der Waals surface area contributed by atoms with E-state index in [9.17, 15) is 9.90 Å². The van der Waals surface area contributed by atoms with Crippen molar-refractivity contribution >= 4 is 10.8 Å². The van der Waals surface area contributed by atoms with Crippen LogP contribution in [0.15, 0.2) is 41.2 Å². The van der Waals surface area contributed by atoms with Gasteiger partial charge in [0.05, 0.1) is 0 Å². The van der Waals surface area contributed by atoms with Crippen LogP contribution in [0, 0.1) is 6.92 Å². The maximum absolute atomic E-state index is 11.3. The lowest BCUT2D eigenvalue weighted by molar-refractivity contribution is 0.478.